The quantitative estimate of drug-likeness (QED) is 0.889. The fraction of sp³-hybridized carbons (Fsp3) is 0.375. The predicted octanol–water partition coefficient (Wildman–Crippen LogP) is 3.79. The Morgan fingerprint density at radius 1 is 1.17 bits per heavy atom. The number of thiophene rings is 1. The first-order valence-corrected chi connectivity index (χ1v) is 7.46. The van der Waals surface area contributed by atoms with E-state index in [0.717, 1.165) is 6.42 Å². The highest BCUT2D eigenvalue weighted by Gasteiger charge is 2.13. The molecule has 2 aromatic rings. The van der Waals surface area contributed by atoms with Gasteiger partial charge in [0.1, 0.15) is 0 Å². The van der Waals surface area contributed by atoms with E-state index in [-0.39, 0.29) is 6.04 Å². The molecule has 2 N–H and O–H groups in total. The van der Waals surface area contributed by atoms with Crippen molar-refractivity contribution in [2.75, 3.05) is 0 Å². The van der Waals surface area contributed by atoms with Crippen LogP contribution in [0, 0.1) is 6.92 Å². The molecule has 1 heterocycles. The molecule has 0 radical (unpaired) electrons. The molecule has 0 saturated carbocycles. The Labute approximate surface area is 113 Å². The van der Waals surface area contributed by atoms with E-state index in [1.807, 2.05) is 11.3 Å². The summed E-state index contributed by atoms with van der Waals surface area (Å²) < 4.78 is 0. The fourth-order valence-corrected chi connectivity index (χ4v) is 3.64. The van der Waals surface area contributed by atoms with Crippen LogP contribution >= 0.6 is 11.3 Å². The Morgan fingerprint density at radius 2 is 2.00 bits per heavy atom. The van der Waals surface area contributed by atoms with Crippen LogP contribution in [0.4, 0.5) is 0 Å². The number of hydrogen-bond acceptors (Lipinski definition) is 2. The average Bonchev–Trinajstić information content (AvgIpc) is 2.96. The van der Waals surface area contributed by atoms with E-state index in [2.05, 4.69) is 37.3 Å². The summed E-state index contributed by atoms with van der Waals surface area (Å²) >= 11 is 1.82. The second-order valence-electron chi connectivity index (χ2n) is 5.22. The largest absolute Gasteiger partial charge is 0.323 e. The van der Waals surface area contributed by atoms with Gasteiger partial charge in [-0.1, -0.05) is 18.2 Å². The van der Waals surface area contributed by atoms with Gasteiger partial charge in [0, 0.05) is 15.8 Å². The molecule has 0 bridgehead atoms. The number of aryl methyl sites for hydroxylation is 3. The van der Waals surface area contributed by atoms with Crippen LogP contribution in [-0.4, -0.2) is 0 Å². The van der Waals surface area contributed by atoms with Gasteiger partial charge in [0.2, 0.25) is 0 Å². The molecule has 0 spiro atoms. The zero-order valence-electron chi connectivity index (χ0n) is 10.8. The van der Waals surface area contributed by atoms with Gasteiger partial charge < -0.3 is 5.73 Å². The molecule has 0 fully saturated rings. The summed E-state index contributed by atoms with van der Waals surface area (Å²) in [5.41, 5.74) is 10.8. The van der Waals surface area contributed by atoms with Crippen molar-refractivity contribution in [3.05, 3.63) is 56.8 Å². The molecule has 1 aromatic carbocycles. The molecule has 1 aliphatic carbocycles. The summed E-state index contributed by atoms with van der Waals surface area (Å²) in [6.45, 7) is 2.14. The average molecular weight is 257 g/mol. The van der Waals surface area contributed by atoms with Crippen LogP contribution in [0.2, 0.25) is 0 Å². The van der Waals surface area contributed by atoms with Crippen molar-refractivity contribution in [1.82, 2.24) is 0 Å². The first-order valence-electron chi connectivity index (χ1n) is 6.65. The lowest BCUT2D eigenvalue weighted by Crippen LogP contribution is -2.11. The summed E-state index contributed by atoms with van der Waals surface area (Å²) in [4.78, 5) is 2.64. The van der Waals surface area contributed by atoms with E-state index in [4.69, 9.17) is 5.73 Å². The molecule has 2 heteroatoms. The van der Waals surface area contributed by atoms with Crippen LogP contribution in [0.5, 0.6) is 0 Å². The molecule has 1 nitrogen and oxygen atoms in total. The summed E-state index contributed by atoms with van der Waals surface area (Å²) in [6.07, 6.45) is 4.77. The van der Waals surface area contributed by atoms with Gasteiger partial charge in [-0.25, -0.2) is 0 Å². The minimum absolute atomic E-state index is 0.142. The topological polar surface area (TPSA) is 26.0 Å². The number of rotatable bonds is 3. The Hall–Kier alpha value is -1.12. The molecule has 94 valence electrons. The Bertz CT molecular complexity index is 556. The van der Waals surface area contributed by atoms with E-state index >= 15 is 0 Å². The molecular weight excluding hydrogens is 238 g/mol. The first-order chi connectivity index (χ1) is 8.72. The SMILES string of the molecule is Cc1ccc(C(N)Cc2ccc3c(c2)CCC3)s1. The smallest absolute Gasteiger partial charge is 0.0430 e. The van der Waals surface area contributed by atoms with Crippen molar-refractivity contribution in [2.24, 2.45) is 5.73 Å². The lowest BCUT2D eigenvalue weighted by atomic mass is 10.0. The van der Waals surface area contributed by atoms with Crippen molar-refractivity contribution in [3.8, 4) is 0 Å². The second kappa shape index (κ2) is 4.87. The highest BCUT2D eigenvalue weighted by Crippen LogP contribution is 2.27. The van der Waals surface area contributed by atoms with Crippen LogP contribution in [0.3, 0.4) is 0 Å². The molecule has 1 atom stereocenters. The van der Waals surface area contributed by atoms with Gasteiger partial charge in [0.05, 0.1) is 0 Å². The molecule has 0 saturated heterocycles. The van der Waals surface area contributed by atoms with E-state index < -0.39 is 0 Å². The number of benzene rings is 1. The minimum Gasteiger partial charge on any atom is -0.323 e. The summed E-state index contributed by atoms with van der Waals surface area (Å²) in [6, 6.07) is 11.4. The predicted molar refractivity (Wildman–Crippen MR) is 78.2 cm³/mol. The van der Waals surface area contributed by atoms with Crippen LogP contribution in [-0.2, 0) is 19.3 Å². The Morgan fingerprint density at radius 3 is 2.78 bits per heavy atom. The van der Waals surface area contributed by atoms with Gasteiger partial charge in [0.15, 0.2) is 0 Å². The standard InChI is InChI=1S/C16H19NS/c1-11-5-8-16(18-11)15(17)10-12-6-7-13-3-2-4-14(13)9-12/h5-9,15H,2-4,10,17H2,1H3. The third kappa shape index (κ3) is 2.36. The Kier molecular flexibility index (Phi) is 3.23. The molecule has 0 aliphatic heterocycles. The van der Waals surface area contributed by atoms with Gasteiger partial charge in [0.25, 0.3) is 0 Å². The van der Waals surface area contributed by atoms with Gasteiger partial charge in [-0.2, -0.15) is 0 Å². The van der Waals surface area contributed by atoms with Crippen LogP contribution < -0.4 is 5.73 Å². The monoisotopic (exact) mass is 257 g/mol. The number of nitrogens with two attached hydrogens (primary N) is 1. The molecule has 1 unspecified atom stereocenters. The van der Waals surface area contributed by atoms with Gasteiger partial charge in [-0.05, 0) is 61.4 Å². The second-order valence-corrected chi connectivity index (χ2v) is 6.54. The van der Waals surface area contributed by atoms with Crippen molar-refractivity contribution in [3.63, 3.8) is 0 Å². The maximum atomic E-state index is 6.30. The van der Waals surface area contributed by atoms with Crippen LogP contribution in [0.1, 0.15) is 38.9 Å². The van der Waals surface area contributed by atoms with E-state index in [1.54, 1.807) is 11.1 Å². The van der Waals surface area contributed by atoms with Crippen molar-refractivity contribution < 1.29 is 0 Å². The van der Waals surface area contributed by atoms with E-state index in [0.29, 0.717) is 0 Å². The van der Waals surface area contributed by atoms with Gasteiger partial charge in [-0.15, -0.1) is 11.3 Å². The Balaban J connectivity index is 1.76. The fourth-order valence-electron chi connectivity index (χ4n) is 2.76. The van der Waals surface area contributed by atoms with Crippen molar-refractivity contribution >= 4 is 11.3 Å². The van der Waals surface area contributed by atoms with Crippen molar-refractivity contribution in [2.45, 2.75) is 38.6 Å². The molecule has 18 heavy (non-hydrogen) atoms. The third-order valence-electron chi connectivity index (χ3n) is 3.75. The van der Waals surface area contributed by atoms with E-state index in [1.165, 1.54) is 34.6 Å². The minimum atomic E-state index is 0.142. The number of hydrogen-bond donors (Lipinski definition) is 1. The highest BCUT2D eigenvalue weighted by atomic mass is 32.1. The zero-order valence-corrected chi connectivity index (χ0v) is 11.6. The summed E-state index contributed by atoms with van der Waals surface area (Å²) in [5.74, 6) is 0. The molecule has 3 rings (SSSR count). The van der Waals surface area contributed by atoms with E-state index in [9.17, 15) is 0 Å². The van der Waals surface area contributed by atoms with Crippen molar-refractivity contribution in [1.29, 1.82) is 0 Å². The molecule has 1 aromatic heterocycles. The molecule has 1 aliphatic rings. The lowest BCUT2D eigenvalue weighted by molar-refractivity contribution is 0.736. The van der Waals surface area contributed by atoms with Gasteiger partial charge in [-0.3, -0.25) is 0 Å². The van der Waals surface area contributed by atoms with Crippen LogP contribution in [0.15, 0.2) is 30.3 Å². The highest BCUT2D eigenvalue weighted by molar-refractivity contribution is 7.12. The lowest BCUT2D eigenvalue weighted by Gasteiger charge is -2.11. The third-order valence-corrected chi connectivity index (χ3v) is 4.88. The van der Waals surface area contributed by atoms with Gasteiger partial charge >= 0.3 is 0 Å². The molecule has 0 amide bonds. The molecular formula is C16H19NS. The van der Waals surface area contributed by atoms with Crippen LogP contribution in [0.25, 0.3) is 0 Å². The summed E-state index contributed by atoms with van der Waals surface area (Å²) in [5, 5.41) is 0. The summed E-state index contributed by atoms with van der Waals surface area (Å²) in [7, 11) is 0. The first kappa shape index (κ1) is 11.9. The normalized spacial score (nSPS) is 15.7. The zero-order chi connectivity index (χ0) is 12.5. The maximum Gasteiger partial charge on any atom is 0.0430 e. The maximum absolute atomic E-state index is 6.30. The number of fused-ring (bicyclic) bond motifs is 1.